The van der Waals surface area contributed by atoms with Crippen LogP contribution in [-0.4, -0.2) is 19.7 Å². The molecule has 100 valence electrons. The summed E-state index contributed by atoms with van der Waals surface area (Å²) in [6.45, 7) is 1.01. The van der Waals surface area contributed by atoms with Crippen molar-refractivity contribution in [3.8, 4) is 0 Å². The molecule has 0 bridgehead atoms. The van der Waals surface area contributed by atoms with E-state index in [9.17, 15) is 10.1 Å². The van der Waals surface area contributed by atoms with Gasteiger partial charge in [0.1, 0.15) is 6.33 Å². The number of nitro groups is 1. The number of aromatic nitrogens is 3. The SMILES string of the molecule is Cn1cnc(CNCc2cccc([N+](=O)[O-])c2Br)n1. The van der Waals surface area contributed by atoms with E-state index in [0.717, 1.165) is 5.56 Å². The molecular weight excluding hydrogens is 314 g/mol. The van der Waals surface area contributed by atoms with Crippen LogP contribution in [0.25, 0.3) is 0 Å². The van der Waals surface area contributed by atoms with Crippen molar-refractivity contribution in [2.75, 3.05) is 0 Å². The number of nitrogens with zero attached hydrogens (tertiary/aromatic N) is 4. The lowest BCUT2D eigenvalue weighted by Crippen LogP contribution is -2.14. The number of aryl methyl sites for hydroxylation is 1. The minimum absolute atomic E-state index is 0.0651. The summed E-state index contributed by atoms with van der Waals surface area (Å²) in [4.78, 5) is 14.5. The second-order valence-corrected chi connectivity index (χ2v) is 4.74. The van der Waals surface area contributed by atoms with Gasteiger partial charge in [-0.1, -0.05) is 12.1 Å². The van der Waals surface area contributed by atoms with Gasteiger partial charge in [0, 0.05) is 19.7 Å². The first-order chi connectivity index (χ1) is 9.08. The summed E-state index contributed by atoms with van der Waals surface area (Å²) in [5.74, 6) is 0.684. The molecule has 1 heterocycles. The third-order valence-electron chi connectivity index (χ3n) is 2.50. The highest BCUT2D eigenvalue weighted by molar-refractivity contribution is 9.10. The quantitative estimate of drug-likeness (QED) is 0.668. The summed E-state index contributed by atoms with van der Waals surface area (Å²) in [7, 11) is 1.80. The number of hydrogen-bond acceptors (Lipinski definition) is 5. The molecule has 1 aromatic heterocycles. The molecule has 1 N–H and O–H groups in total. The van der Waals surface area contributed by atoms with E-state index >= 15 is 0 Å². The molecule has 1 aromatic carbocycles. The second kappa shape index (κ2) is 5.89. The van der Waals surface area contributed by atoms with Crippen LogP contribution in [0.4, 0.5) is 5.69 Å². The number of benzene rings is 1. The van der Waals surface area contributed by atoms with E-state index in [4.69, 9.17) is 0 Å². The lowest BCUT2D eigenvalue weighted by atomic mass is 10.2. The summed E-state index contributed by atoms with van der Waals surface area (Å²) in [5.41, 5.74) is 0.889. The Hall–Kier alpha value is -1.80. The molecule has 0 amide bonds. The van der Waals surface area contributed by atoms with Gasteiger partial charge < -0.3 is 5.32 Å². The molecule has 0 aliphatic rings. The van der Waals surface area contributed by atoms with Gasteiger partial charge >= 0.3 is 0 Å². The summed E-state index contributed by atoms with van der Waals surface area (Å²) < 4.78 is 2.13. The number of halogens is 1. The van der Waals surface area contributed by atoms with Gasteiger partial charge in [-0.3, -0.25) is 14.8 Å². The van der Waals surface area contributed by atoms with Crippen LogP contribution in [0.1, 0.15) is 11.4 Å². The number of nitrogens with one attached hydrogen (secondary N) is 1. The molecule has 0 aliphatic carbocycles. The van der Waals surface area contributed by atoms with Crippen LogP contribution in [0.15, 0.2) is 29.0 Å². The normalized spacial score (nSPS) is 10.6. The predicted molar refractivity (Wildman–Crippen MR) is 72.3 cm³/mol. The van der Waals surface area contributed by atoms with Crippen molar-refractivity contribution < 1.29 is 4.92 Å². The molecule has 8 heteroatoms. The Balaban J connectivity index is 2.00. The minimum atomic E-state index is -0.409. The first-order valence-electron chi connectivity index (χ1n) is 5.55. The van der Waals surface area contributed by atoms with Gasteiger partial charge in [-0.25, -0.2) is 4.98 Å². The zero-order chi connectivity index (χ0) is 13.8. The molecule has 2 aromatic rings. The first-order valence-corrected chi connectivity index (χ1v) is 6.34. The van der Waals surface area contributed by atoms with Crippen LogP contribution < -0.4 is 5.32 Å². The Morgan fingerprint density at radius 3 is 2.89 bits per heavy atom. The van der Waals surface area contributed by atoms with Gasteiger partial charge in [-0.05, 0) is 21.5 Å². The van der Waals surface area contributed by atoms with E-state index < -0.39 is 4.92 Å². The van der Waals surface area contributed by atoms with Crippen LogP contribution >= 0.6 is 15.9 Å². The highest BCUT2D eigenvalue weighted by Gasteiger charge is 2.14. The number of rotatable bonds is 5. The molecule has 0 radical (unpaired) electrons. The van der Waals surface area contributed by atoms with Crippen molar-refractivity contribution in [2.45, 2.75) is 13.1 Å². The van der Waals surface area contributed by atoms with E-state index in [1.165, 1.54) is 6.07 Å². The van der Waals surface area contributed by atoms with Crippen LogP contribution in [-0.2, 0) is 20.1 Å². The van der Waals surface area contributed by atoms with Gasteiger partial charge in [-0.15, -0.1) is 0 Å². The Bertz CT molecular complexity index is 599. The number of hydrogen-bond donors (Lipinski definition) is 1. The molecule has 0 aliphatic heterocycles. The largest absolute Gasteiger partial charge is 0.306 e. The zero-order valence-corrected chi connectivity index (χ0v) is 11.8. The third-order valence-corrected chi connectivity index (χ3v) is 3.42. The monoisotopic (exact) mass is 325 g/mol. The molecule has 19 heavy (non-hydrogen) atoms. The van der Waals surface area contributed by atoms with Crippen molar-refractivity contribution in [1.82, 2.24) is 20.1 Å². The molecule has 0 saturated heterocycles. The van der Waals surface area contributed by atoms with E-state index in [1.54, 1.807) is 24.1 Å². The molecule has 0 unspecified atom stereocenters. The lowest BCUT2D eigenvalue weighted by molar-refractivity contribution is -0.385. The first kappa shape index (κ1) is 13.6. The van der Waals surface area contributed by atoms with Crippen LogP contribution in [0, 0.1) is 10.1 Å². The Kier molecular flexibility index (Phi) is 4.23. The maximum absolute atomic E-state index is 10.8. The highest BCUT2D eigenvalue weighted by atomic mass is 79.9. The van der Waals surface area contributed by atoms with Crippen LogP contribution in [0.3, 0.4) is 0 Å². The Morgan fingerprint density at radius 1 is 1.47 bits per heavy atom. The summed E-state index contributed by atoms with van der Waals surface area (Å²) >= 11 is 3.26. The average Bonchev–Trinajstić information content (AvgIpc) is 2.77. The highest BCUT2D eigenvalue weighted by Crippen LogP contribution is 2.28. The standard InChI is InChI=1S/C11H12BrN5O2/c1-16-7-14-10(15-16)6-13-5-8-3-2-4-9(11(8)12)17(18)19/h2-4,7,13H,5-6H2,1H3. The Morgan fingerprint density at radius 2 is 2.26 bits per heavy atom. The maximum atomic E-state index is 10.8. The fourth-order valence-electron chi connectivity index (χ4n) is 1.62. The van der Waals surface area contributed by atoms with Crippen LogP contribution in [0.2, 0.25) is 0 Å². The van der Waals surface area contributed by atoms with Gasteiger partial charge in [0.05, 0.1) is 15.9 Å². The van der Waals surface area contributed by atoms with Gasteiger partial charge in [0.15, 0.2) is 5.82 Å². The third kappa shape index (κ3) is 3.36. The summed E-state index contributed by atoms with van der Waals surface area (Å²) in [6, 6.07) is 4.96. The van der Waals surface area contributed by atoms with E-state index in [-0.39, 0.29) is 5.69 Å². The molecule has 7 nitrogen and oxygen atoms in total. The average molecular weight is 326 g/mol. The Labute approximate surface area is 117 Å². The smallest absolute Gasteiger partial charge is 0.283 e. The summed E-state index contributed by atoms with van der Waals surface area (Å²) in [5, 5.41) is 18.1. The molecule has 0 spiro atoms. The van der Waals surface area contributed by atoms with Gasteiger partial charge in [-0.2, -0.15) is 5.10 Å². The molecule has 0 saturated carbocycles. The lowest BCUT2D eigenvalue weighted by Gasteiger charge is -2.05. The minimum Gasteiger partial charge on any atom is -0.306 e. The van der Waals surface area contributed by atoms with Crippen molar-refractivity contribution in [1.29, 1.82) is 0 Å². The van der Waals surface area contributed by atoms with Crippen molar-refractivity contribution in [3.05, 3.63) is 50.5 Å². The molecule has 2 rings (SSSR count). The van der Waals surface area contributed by atoms with Gasteiger partial charge in [0.25, 0.3) is 5.69 Å². The van der Waals surface area contributed by atoms with E-state index in [1.807, 2.05) is 6.07 Å². The fourth-order valence-corrected chi connectivity index (χ4v) is 2.17. The van der Waals surface area contributed by atoms with Crippen molar-refractivity contribution in [2.24, 2.45) is 7.05 Å². The van der Waals surface area contributed by atoms with Crippen LogP contribution in [0.5, 0.6) is 0 Å². The topological polar surface area (TPSA) is 85.9 Å². The fraction of sp³-hybridized carbons (Fsp3) is 0.273. The van der Waals surface area contributed by atoms with E-state index in [0.29, 0.717) is 23.4 Å². The second-order valence-electron chi connectivity index (χ2n) is 3.95. The van der Waals surface area contributed by atoms with E-state index in [2.05, 4.69) is 31.3 Å². The predicted octanol–water partition coefficient (Wildman–Crippen LogP) is 1.78. The maximum Gasteiger partial charge on any atom is 0.283 e. The molecular formula is C11H12BrN5O2. The van der Waals surface area contributed by atoms with Crippen molar-refractivity contribution >= 4 is 21.6 Å². The molecule has 0 fully saturated rings. The zero-order valence-electron chi connectivity index (χ0n) is 10.2. The molecule has 0 atom stereocenters. The number of nitro benzene ring substituents is 1. The summed E-state index contributed by atoms with van der Waals surface area (Å²) in [6.07, 6.45) is 1.63. The van der Waals surface area contributed by atoms with Crippen molar-refractivity contribution in [3.63, 3.8) is 0 Å². The van der Waals surface area contributed by atoms with Gasteiger partial charge in [0.2, 0.25) is 0 Å².